The molecule has 0 aliphatic rings. The molecule has 0 aliphatic carbocycles. The SMILES string of the molecule is CCOC(=O)c1c(/C=C/C(=O)Nc2cc(C(C)(C)C)nn2-c2ncccn2)c(C)n(CC)c1C. The van der Waals surface area contributed by atoms with E-state index in [2.05, 4.69) is 20.4 Å². The predicted octanol–water partition coefficient (Wildman–Crippen LogP) is 4.23. The molecule has 34 heavy (non-hydrogen) atoms. The van der Waals surface area contributed by atoms with Gasteiger partial charge >= 0.3 is 5.97 Å². The molecular weight excluding hydrogens is 432 g/mol. The van der Waals surface area contributed by atoms with Gasteiger partial charge in [0.2, 0.25) is 5.91 Å². The summed E-state index contributed by atoms with van der Waals surface area (Å²) in [6, 6.07) is 3.53. The van der Waals surface area contributed by atoms with Gasteiger partial charge in [-0.1, -0.05) is 20.8 Å². The van der Waals surface area contributed by atoms with Crippen LogP contribution in [0.2, 0.25) is 0 Å². The normalized spacial score (nSPS) is 11.7. The van der Waals surface area contributed by atoms with Gasteiger partial charge in [0, 0.05) is 53.4 Å². The maximum Gasteiger partial charge on any atom is 0.340 e. The van der Waals surface area contributed by atoms with Crippen molar-refractivity contribution in [2.24, 2.45) is 0 Å². The molecule has 180 valence electrons. The third kappa shape index (κ3) is 5.08. The molecule has 0 saturated heterocycles. The second-order valence-corrected chi connectivity index (χ2v) is 8.87. The van der Waals surface area contributed by atoms with Crippen molar-refractivity contribution in [1.29, 1.82) is 0 Å². The molecule has 3 heterocycles. The zero-order valence-electron chi connectivity index (χ0n) is 20.8. The topological polar surface area (TPSA) is 104 Å². The summed E-state index contributed by atoms with van der Waals surface area (Å²) >= 11 is 0. The number of nitrogens with one attached hydrogen (secondary N) is 1. The number of carbonyl (C=O) groups is 2. The van der Waals surface area contributed by atoms with Gasteiger partial charge in [-0.15, -0.1) is 0 Å². The minimum atomic E-state index is -0.399. The molecule has 0 fully saturated rings. The van der Waals surface area contributed by atoms with Crippen molar-refractivity contribution in [2.45, 2.75) is 60.4 Å². The molecule has 0 bridgehead atoms. The minimum absolute atomic E-state index is 0.235. The Labute approximate surface area is 199 Å². The Morgan fingerprint density at radius 2 is 1.79 bits per heavy atom. The van der Waals surface area contributed by atoms with Gasteiger partial charge in [-0.3, -0.25) is 4.79 Å². The summed E-state index contributed by atoms with van der Waals surface area (Å²) in [6.07, 6.45) is 6.30. The first-order valence-electron chi connectivity index (χ1n) is 11.3. The summed E-state index contributed by atoms with van der Waals surface area (Å²) in [4.78, 5) is 34.0. The molecule has 0 spiro atoms. The van der Waals surface area contributed by atoms with E-state index < -0.39 is 5.97 Å². The first-order valence-corrected chi connectivity index (χ1v) is 11.3. The number of aromatic nitrogens is 5. The third-order valence-corrected chi connectivity index (χ3v) is 5.50. The minimum Gasteiger partial charge on any atom is -0.462 e. The van der Waals surface area contributed by atoms with Crippen LogP contribution in [0.3, 0.4) is 0 Å². The molecule has 0 saturated carbocycles. The summed E-state index contributed by atoms with van der Waals surface area (Å²) in [7, 11) is 0. The standard InChI is InChI=1S/C25H32N6O3/c1-8-30-16(3)18(22(17(30)4)23(33)34-9-2)11-12-21(32)28-20-15-19(25(5,6)7)29-31(20)24-26-13-10-14-27-24/h10-15H,8-9H2,1-7H3,(H,28,32)/b12-11+. The lowest BCUT2D eigenvalue weighted by molar-refractivity contribution is -0.111. The Kier molecular flexibility index (Phi) is 7.34. The van der Waals surface area contributed by atoms with Crippen molar-refractivity contribution in [3.8, 4) is 5.95 Å². The highest BCUT2D eigenvalue weighted by atomic mass is 16.5. The lowest BCUT2D eigenvalue weighted by Gasteiger charge is -2.13. The Morgan fingerprint density at radius 1 is 1.12 bits per heavy atom. The summed E-state index contributed by atoms with van der Waals surface area (Å²) in [5, 5.41) is 7.48. The zero-order chi connectivity index (χ0) is 25.0. The fourth-order valence-electron chi connectivity index (χ4n) is 3.76. The molecule has 0 aromatic carbocycles. The number of nitrogens with zero attached hydrogens (tertiary/aromatic N) is 5. The predicted molar refractivity (Wildman–Crippen MR) is 131 cm³/mol. The number of rotatable bonds is 7. The first kappa shape index (κ1) is 24.9. The van der Waals surface area contributed by atoms with E-state index in [0.717, 1.165) is 17.1 Å². The number of amides is 1. The van der Waals surface area contributed by atoms with Crippen molar-refractivity contribution in [3.63, 3.8) is 0 Å². The molecule has 9 heteroatoms. The van der Waals surface area contributed by atoms with Gasteiger partial charge < -0.3 is 14.6 Å². The summed E-state index contributed by atoms with van der Waals surface area (Å²) in [5.41, 5.74) is 3.40. The maximum atomic E-state index is 12.9. The average Bonchev–Trinajstić information content (AvgIpc) is 3.31. The Bertz CT molecular complexity index is 1220. The van der Waals surface area contributed by atoms with Crippen molar-refractivity contribution < 1.29 is 14.3 Å². The lowest BCUT2D eigenvalue weighted by atomic mass is 9.92. The van der Waals surface area contributed by atoms with Crippen LogP contribution in [0.15, 0.2) is 30.6 Å². The lowest BCUT2D eigenvalue weighted by Crippen LogP contribution is -2.14. The molecule has 0 radical (unpaired) electrons. The Balaban J connectivity index is 1.95. The van der Waals surface area contributed by atoms with Gasteiger partial charge in [-0.05, 0) is 39.8 Å². The van der Waals surface area contributed by atoms with Crippen molar-refractivity contribution >= 4 is 23.8 Å². The van der Waals surface area contributed by atoms with Gasteiger partial charge in [-0.25, -0.2) is 14.8 Å². The number of hydrogen-bond donors (Lipinski definition) is 1. The van der Waals surface area contributed by atoms with Gasteiger partial charge in [0.1, 0.15) is 5.82 Å². The second kappa shape index (κ2) is 10.0. The van der Waals surface area contributed by atoms with E-state index in [1.807, 2.05) is 52.2 Å². The third-order valence-electron chi connectivity index (χ3n) is 5.50. The molecule has 0 atom stereocenters. The number of carbonyl (C=O) groups excluding carboxylic acids is 2. The summed E-state index contributed by atoms with van der Waals surface area (Å²) < 4.78 is 8.79. The highest BCUT2D eigenvalue weighted by molar-refractivity contribution is 6.03. The fourth-order valence-corrected chi connectivity index (χ4v) is 3.76. The van der Waals surface area contributed by atoms with E-state index >= 15 is 0 Å². The van der Waals surface area contributed by atoms with Crippen LogP contribution in [0, 0.1) is 13.8 Å². The molecular formula is C25H32N6O3. The van der Waals surface area contributed by atoms with Crippen LogP contribution in [0.1, 0.15) is 67.6 Å². The van der Waals surface area contributed by atoms with Crippen LogP contribution in [0.5, 0.6) is 0 Å². The molecule has 3 aromatic heterocycles. The molecule has 3 aromatic rings. The van der Waals surface area contributed by atoms with E-state index in [9.17, 15) is 9.59 Å². The second-order valence-electron chi connectivity index (χ2n) is 8.87. The highest BCUT2D eigenvalue weighted by Gasteiger charge is 2.24. The molecule has 1 N–H and O–H groups in total. The van der Waals surface area contributed by atoms with Crippen LogP contribution >= 0.6 is 0 Å². The monoisotopic (exact) mass is 464 g/mol. The smallest absolute Gasteiger partial charge is 0.340 e. The van der Waals surface area contributed by atoms with E-state index in [0.29, 0.717) is 29.4 Å². The van der Waals surface area contributed by atoms with E-state index in [1.54, 1.807) is 31.5 Å². The Hall–Kier alpha value is -3.75. The molecule has 0 unspecified atom stereocenters. The summed E-state index contributed by atoms with van der Waals surface area (Å²) in [6.45, 7) is 14.7. The van der Waals surface area contributed by atoms with Gasteiger partial charge in [0.15, 0.2) is 0 Å². The number of hydrogen-bond acceptors (Lipinski definition) is 6. The van der Waals surface area contributed by atoms with Crippen LogP contribution in [-0.2, 0) is 21.5 Å². The van der Waals surface area contributed by atoms with E-state index in [1.165, 1.54) is 10.8 Å². The van der Waals surface area contributed by atoms with E-state index in [4.69, 9.17) is 4.74 Å². The van der Waals surface area contributed by atoms with Gasteiger partial charge in [0.25, 0.3) is 5.95 Å². The fraction of sp³-hybridized carbons (Fsp3) is 0.400. The van der Waals surface area contributed by atoms with Crippen molar-refractivity contribution in [3.05, 3.63) is 58.8 Å². The first-order chi connectivity index (χ1) is 16.1. The molecule has 0 aliphatic heterocycles. The maximum absolute atomic E-state index is 12.9. The van der Waals surface area contributed by atoms with Crippen molar-refractivity contribution in [1.82, 2.24) is 24.3 Å². The average molecular weight is 465 g/mol. The number of esters is 1. The Morgan fingerprint density at radius 3 is 2.38 bits per heavy atom. The molecule has 9 nitrogen and oxygen atoms in total. The molecule has 3 rings (SSSR count). The highest BCUT2D eigenvalue weighted by Crippen LogP contribution is 2.27. The van der Waals surface area contributed by atoms with Gasteiger partial charge in [-0.2, -0.15) is 9.78 Å². The van der Waals surface area contributed by atoms with E-state index in [-0.39, 0.29) is 17.9 Å². The van der Waals surface area contributed by atoms with Crippen LogP contribution in [0.25, 0.3) is 12.0 Å². The molecule has 1 amide bonds. The summed E-state index contributed by atoms with van der Waals surface area (Å²) in [5.74, 6) is 0.0434. The van der Waals surface area contributed by atoms with Crippen LogP contribution in [0.4, 0.5) is 5.82 Å². The van der Waals surface area contributed by atoms with Crippen LogP contribution < -0.4 is 5.32 Å². The number of ether oxygens (including phenoxy) is 1. The van der Waals surface area contributed by atoms with Gasteiger partial charge in [0.05, 0.1) is 17.9 Å². The quantitative estimate of drug-likeness (QED) is 0.415. The number of anilines is 1. The van der Waals surface area contributed by atoms with Crippen molar-refractivity contribution in [2.75, 3.05) is 11.9 Å². The largest absolute Gasteiger partial charge is 0.462 e. The van der Waals surface area contributed by atoms with Crippen LogP contribution in [-0.4, -0.2) is 42.8 Å². The zero-order valence-corrected chi connectivity index (χ0v) is 20.8.